The summed E-state index contributed by atoms with van der Waals surface area (Å²) in [7, 11) is -3.41. The van der Waals surface area contributed by atoms with Crippen LogP contribution < -0.4 is 4.74 Å². The van der Waals surface area contributed by atoms with Crippen LogP contribution in [-0.2, 0) is 22.3 Å². The first-order chi connectivity index (χ1) is 10.5. The van der Waals surface area contributed by atoms with E-state index in [-0.39, 0.29) is 5.75 Å². The van der Waals surface area contributed by atoms with Crippen LogP contribution in [0.2, 0.25) is 5.02 Å². The van der Waals surface area contributed by atoms with E-state index in [1.165, 1.54) is 4.31 Å². The molecule has 4 nitrogen and oxygen atoms in total. The number of hydrogen-bond donors (Lipinski definition) is 0. The third kappa shape index (κ3) is 3.43. The summed E-state index contributed by atoms with van der Waals surface area (Å²) in [5.41, 5.74) is 1.61. The molecule has 0 aliphatic carbocycles. The van der Waals surface area contributed by atoms with Crippen LogP contribution >= 0.6 is 11.6 Å². The molecule has 0 amide bonds. The minimum absolute atomic E-state index is 0.0354. The van der Waals surface area contributed by atoms with Gasteiger partial charge in [-0.25, -0.2) is 8.42 Å². The highest BCUT2D eigenvalue weighted by molar-refractivity contribution is 7.88. The fraction of sp³-hybridized carbons (Fsp3) is 0.250. The van der Waals surface area contributed by atoms with E-state index in [4.69, 9.17) is 16.3 Å². The standard InChI is InChI=1S/C16H16ClNO3S/c17-15-7-5-13(6-8-15)12-22(19,20)18-9-10-21-16-4-2-1-3-14(16)11-18/h1-8H,9-12H2. The zero-order chi connectivity index (χ0) is 15.6. The minimum atomic E-state index is -3.41. The van der Waals surface area contributed by atoms with Gasteiger partial charge >= 0.3 is 0 Å². The van der Waals surface area contributed by atoms with E-state index in [1.807, 2.05) is 24.3 Å². The van der Waals surface area contributed by atoms with Crippen molar-refractivity contribution < 1.29 is 13.2 Å². The molecule has 0 N–H and O–H groups in total. The summed E-state index contributed by atoms with van der Waals surface area (Å²) in [5.74, 6) is 0.721. The summed E-state index contributed by atoms with van der Waals surface area (Å²) in [6.07, 6.45) is 0. The van der Waals surface area contributed by atoms with Crippen molar-refractivity contribution in [3.8, 4) is 5.75 Å². The Hall–Kier alpha value is -1.56. The Labute approximate surface area is 135 Å². The summed E-state index contributed by atoms with van der Waals surface area (Å²) in [5, 5.41) is 0.596. The van der Waals surface area contributed by atoms with Crippen molar-refractivity contribution in [2.45, 2.75) is 12.3 Å². The number of hydrogen-bond acceptors (Lipinski definition) is 3. The Bertz CT molecular complexity index is 759. The van der Waals surface area contributed by atoms with Gasteiger partial charge in [0.1, 0.15) is 12.4 Å². The molecule has 1 aliphatic rings. The second-order valence-corrected chi connectivity index (χ2v) is 7.58. The molecule has 116 valence electrons. The van der Waals surface area contributed by atoms with Crippen LogP contribution in [-0.4, -0.2) is 25.9 Å². The highest BCUT2D eigenvalue weighted by atomic mass is 35.5. The average molecular weight is 338 g/mol. The molecule has 2 aromatic rings. The minimum Gasteiger partial charge on any atom is -0.492 e. The number of rotatable bonds is 3. The first-order valence-corrected chi connectivity index (χ1v) is 8.96. The number of ether oxygens (including phenoxy) is 1. The fourth-order valence-corrected chi connectivity index (χ4v) is 4.03. The number of halogens is 1. The van der Waals surface area contributed by atoms with Crippen molar-refractivity contribution in [3.05, 3.63) is 64.7 Å². The zero-order valence-electron chi connectivity index (χ0n) is 11.9. The van der Waals surface area contributed by atoms with Gasteiger partial charge in [0.15, 0.2) is 0 Å². The first kappa shape index (κ1) is 15.3. The normalized spacial score (nSPS) is 15.7. The van der Waals surface area contributed by atoms with Gasteiger partial charge in [-0.05, 0) is 23.8 Å². The SMILES string of the molecule is O=S(=O)(Cc1ccc(Cl)cc1)N1CCOc2ccccc2C1. The average Bonchev–Trinajstić information content (AvgIpc) is 2.72. The van der Waals surface area contributed by atoms with Gasteiger partial charge in [0.25, 0.3) is 0 Å². The Balaban J connectivity index is 1.81. The van der Waals surface area contributed by atoms with E-state index in [0.29, 0.717) is 24.7 Å². The van der Waals surface area contributed by atoms with Gasteiger partial charge in [0.2, 0.25) is 10.0 Å². The highest BCUT2D eigenvalue weighted by Gasteiger charge is 2.26. The zero-order valence-corrected chi connectivity index (χ0v) is 13.5. The van der Waals surface area contributed by atoms with E-state index in [1.54, 1.807) is 24.3 Å². The second-order valence-electron chi connectivity index (χ2n) is 5.17. The van der Waals surface area contributed by atoms with Crippen molar-refractivity contribution in [1.82, 2.24) is 4.31 Å². The Kier molecular flexibility index (Phi) is 4.38. The van der Waals surface area contributed by atoms with E-state index >= 15 is 0 Å². The van der Waals surface area contributed by atoms with Crippen LogP contribution in [0.25, 0.3) is 0 Å². The van der Waals surface area contributed by atoms with E-state index in [2.05, 4.69) is 0 Å². The van der Waals surface area contributed by atoms with Gasteiger partial charge in [0, 0.05) is 23.7 Å². The summed E-state index contributed by atoms with van der Waals surface area (Å²) < 4.78 is 32.4. The van der Waals surface area contributed by atoms with Crippen LogP contribution in [0.5, 0.6) is 5.75 Å². The maximum Gasteiger partial charge on any atom is 0.218 e. The summed E-state index contributed by atoms with van der Waals surface area (Å²) in [6.45, 7) is 1.05. The Morgan fingerprint density at radius 2 is 1.82 bits per heavy atom. The second kappa shape index (κ2) is 6.28. The maximum atomic E-state index is 12.6. The predicted molar refractivity (Wildman–Crippen MR) is 86.4 cm³/mol. The van der Waals surface area contributed by atoms with Gasteiger partial charge < -0.3 is 4.74 Å². The molecule has 0 saturated carbocycles. The van der Waals surface area contributed by atoms with Crippen molar-refractivity contribution >= 4 is 21.6 Å². The first-order valence-electron chi connectivity index (χ1n) is 6.97. The number of benzene rings is 2. The third-order valence-corrected chi connectivity index (χ3v) is 5.62. The monoisotopic (exact) mass is 337 g/mol. The number of para-hydroxylation sites is 1. The van der Waals surface area contributed by atoms with Crippen LogP contribution in [0.15, 0.2) is 48.5 Å². The van der Waals surface area contributed by atoms with Crippen molar-refractivity contribution in [2.24, 2.45) is 0 Å². The van der Waals surface area contributed by atoms with Crippen LogP contribution in [0.1, 0.15) is 11.1 Å². The molecule has 22 heavy (non-hydrogen) atoms. The lowest BCUT2D eigenvalue weighted by Gasteiger charge is -2.19. The van der Waals surface area contributed by atoms with Crippen LogP contribution in [0.4, 0.5) is 0 Å². The van der Waals surface area contributed by atoms with Crippen molar-refractivity contribution in [1.29, 1.82) is 0 Å². The van der Waals surface area contributed by atoms with Gasteiger partial charge in [-0.2, -0.15) is 4.31 Å². The molecule has 0 aromatic heterocycles. The molecule has 1 aliphatic heterocycles. The lowest BCUT2D eigenvalue weighted by Crippen LogP contribution is -2.33. The van der Waals surface area contributed by atoms with E-state index in [0.717, 1.165) is 16.9 Å². The molecule has 1 heterocycles. The molecule has 0 unspecified atom stereocenters. The number of sulfonamides is 1. The summed E-state index contributed by atoms with van der Waals surface area (Å²) in [6, 6.07) is 14.4. The molecule has 0 fully saturated rings. The van der Waals surface area contributed by atoms with Crippen molar-refractivity contribution in [3.63, 3.8) is 0 Å². The van der Waals surface area contributed by atoms with Gasteiger partial charge in [-0.3, -0.25) is 0 Å². The molecule has 0 spiro atoms. The van der Waals surface area contributed by atoms with Crippen LogP contribution in [0, 0.1) is 0 Å². The molecule has 0 bridgehead atoms. The number of nitrogens with zero attached hydrogens (tertiary/aromatic N) is 1. The summed E-state index contributed by atoms with van der Waals surface area (Å²) >= 11 is 5.83. The Morgan fingerprint density at radius 1 is 1.09 bits per heavy atom. The lowest BCUT2D eigenvalue weighted by molar-refractivity contribution is 0.293. The summed E-state index contributed by atoms with van der Waals surface area (Å²) in [4.78, 5) is 0. The molecule has 2 aromatic carbocycles. The largest absolute Gasteiger partial charge is 0.492 e. The lowest BCUT2D eigenvalue weighted by atomic mass is 10.2. The molecule has 3 rings (SSSR count). The fourth-order valence-electron chi connectivity index (χ4n) is 2.42. The van der Waals surface area contributed by atoms with E-state index < -0.39 is 10.0 Å². The predicted octanol–water partition coefficient (Wildman–Crippen LogP) is 3.06. The van der Waals surface area contributed by atoms with Gasteiger partial charge in [-0.15, -0.1) is 0 Å². The van der Waals surface area contributed by atoms with Crippen LogP contribution in [0.3, 0.4) is 0 Å². The van der Waals surface area contributed by atoms with Crippen molar-refractivity contribution in [2.75, 3.05) is 13.2 Å². The number of fused-ring (bicyclic) bond motifs is 1. The van der Waals surface area contributed by atoms with Gasteiger partial charge in [-0.1, -0.05) is 41.9 Å². The molecule has 0 radical (unpaired) electrons. The van der Waals surface area contributed by atoms with Gasteiger partial charge in [0.05, 0.1) is 5.75 Å². The van der Waals surface area contributed by atoms with E-state index in [9.17, 15) is 8.42 Å². The smallest absolute Gasteiger partial charge is 0.218 e. The quantitative estimate of drug-likeness (QED) is 0.864. The molecule has 6 heteroatoms. The molecular formula is C16H16ClNO3S. The molecule has 0 atom stereocenters. The topological polar surface area (TPSA) is 46.6 Å². The Morgan fingerprint density at radius 3 is 2.59 bits per heavy atom. The highest BCUT2D eigenvalue weighted by Crippen LogP contribution is 2.25. The third-order valence-electron chi connectivity index (χ3n) is 3.57. The maximum absolute atomic E-state index is 12.6. The molecule has 0 saturated heterocycles. The molecular weight excluding hydrogens is 322 g/mol.